The van der Waals surface area contributed by atoms with Crippen molar-refractivity contribution >= 4 is 11.5 Å². The maximum Gasteiger partial charge on any atom is 0.162 e. The molecule has 34 heavy (non-hydrogen) atoms. The van der Waals surface area contributed by atoms with Crippen molar-refractivity contribution < 1.29 is 19.0 Å². The van der Waals surface area contributed by atoms with Crippen molar-refractivity contribution in [1.29, 1.82) is 5.26 Å². The van der Waals surface area contributed by atoms with Crippen molar-refractivity contribution in [3.63, 3.8) is 0 Å². The predicted octanol–water partition coefficient (Wildman–Crippen LogP) is 4.65. The maximum absolute atomic E-state index is 13.6. The first-order chi connectivity index (χ1) is 16.2. The van der Waals surface area contributed by atoms with Crippen molar-refractivity contribution in [2.45, 2.75) is 32.6 Å². The fraction of sp³-hybridized carbons (Fsp3) is 0.333. The molecule has 1 aliphatic carbocycles. The Morgan fingerprint density at radius 1 is 1.00 bits per heavy atom. The number of hydrogen-bond acceptors (Lipinski definition) is 7. The van der Waals surface area contributed by atoms with E-state index in [1.165, 1.54) is 0 Å². The van der Waals surface area contributed by atoms with Crippen LogP contribution in [0.1, 0.15) is 38.2 Å². The van der Waals surface area contributed by atoms with Crippen LogP contribution in [0.2, 0.25) is 0 Å². The molecule has 2 aromatic rings. The molecular weight excluding hydrogens is 430 g/mol. The molecule has 2 N–H and O–H groups in total. The highest BCUT2D eigenvalue weighted by atomic mass is 16.5. The van der Waals surface area contributed by atoms with Crippen LogP contribution in [0.4, 0.5) is 5.69 Å². The average molecular weight is 460 g/mol. The number of nitriles is 1. The Hall–Kier alpha value is -3.92. The van der Waals surface area contributed by atoms with E-state index in [2.05, 4.69) is 19.9 Å². The Bertz CT molecular complexity index is 1240. The number of ether oxygens (including phenoxy) is 3. The second kappa shape index (κ2) is 8.79. The highest BCUT2D eigenvalue weighted by molar-refractivity contribution is 6.02. The minimum absolute atomic E-state index is 0.0183. The number of carbonyl (C=O) groups excluding carboxylic acids is 1. The summed E-state index contributed by atoms with van der Waals surface area (Å²) in [5.74, 6) is 1.62. The number of benzene rings is 2. The fourth-order valence-corrected chi connectivity index (χ4v) is 4.88. The van der Waals surface area contributed by atoms with Gasteiger partial charge in [0.1, 0.15) is 23.1 Å². The van der Waals surface area contributed by atoms with Crippen molar-refractivity contribution in [2.24, 2.45) is 11.1 Å². The molecule has 2 aliphatic rings. The Balaban J connectivity index is 1.99. The van der Waals surface area contributed by atoms with Crippen LogP contribution in [0, 0.1) is 16.7 Å². The summed E-state index contributed by atoms with van der Waals surface area (Å²) >= 11 is 0. The molecule has 0 saturated heterocycles. The predicted molar refractivity (Wildman–Crippen MR) is 130 cm³/mol. The monoisotopic (exact) mass is 459 g/mol. The van der Waals surface area contributed by atoms with Gasteiger partial charge in [-0.2, -0.15) is 5.26 Å². The van der Waals surface area contributed by atoms with Gasteiger partial charge < -0.3 is 19.9 Å². The minimum atomic E-state index is -0.546. The van der Waals surface area contributed by atoms with Gasteiger partial charge in [-0.3, -0.25) is 9.69 Å². The molecular formula is C27H29N3O4. The number of Topliss-reactive ketones (excluding diaryl/α,β-unsaturated/α-hetero) is 1. The molecule has 4 rings (SSSR count). The molecule has 0 bridgehead atoms. The van der Waals surface area contributed by atoms with Crippen molar-refractivity contribution in [3.05, 3.63) is 70.7 Å². The first-order valence-electron chi connectivity index (χ1n) is 11.1. The van der Waals surface area contributed by atoms with Crippen LogP contribution in [0.25, 0.3) is 0 Å². The van der Waals surface area contributed by atoms with Crippen LogP contribution in [0.3, 0.4) is 0 Å². The zero-order valence-corrected chi connectivity index (χ0v) is 20.1. The second-order valence-corrected chi connectivity index (χ2v) is 9.29. The van der Waals surface area contributed by atoms with Gasteiger partial charge in [-0.1, -0.05) is 26.0 Å². The van der Waals surface area contributed by atoms with E-state index in [4.69, 9.17) is 19.9 Å². The number of ketones is 1. The fourth-order valence-electron chi connectivity index (χ4n) is 4.88. The summed E-state index contributed by atoms with van der Waals surface area (Å²) in [6, 6.07) is 15.1. The molecule has 0 unspecified atom stereocenters. The quantitative estimate of drug-likeness (QED) is 0.695. The van der Waals surface area contributed by atoms with E-state index >= 15 is 0 Å². The molecule has 0 fully saturated rings. The zero-order chi connectivity index (χ0) is 24.6. The number of allylic oxidation sites excluding steroid dienone is 3. The molecule has 176 valence electrons. The molecule has 0 aromatic heterocycles. The SMILES string of the molecule is COc1ccc([C@H]2C(C#N)=C(N)N(c3ccc(OC)cc3OC)C3=C2C(=O)CC(C)(C)C3)cc1. The summed E-state index contributed by atoms with van der Waals surface area (Å²) in [5, 5.41) is 10.2. The zero-order valence-electron chi connectivity index (χ0n) is 20.1. The summed E-state index contributed by atoms with van der Waals surface area (Å²) in [5.41, 5.74) is 9.65. The van der Waals surface area contributed by atoms with Crippen LogP contribution in [-0.4, -0.2) is 27.1 Å². The summed E-state index contributed by atoms with van der Waals surface area (Å²) in [6.45, 7) is 4.14. The molecule has 1 heterocycles. The summed E-state index contributed by atoms with van der Waals surface area (Å²) < 4.78 is 16.3. The van der Waals surface area contributed by atoms with Gasteiger partial charge in [0.2, 0.25) is 0 Å². The highest BCUT2D eigenvalue weighted by Gasteiger charge is 2.45. The summed E-state index contributed by atoms with van der Waals surface area (Å²) in [4.78, 5) is 15.4. The number of rotatable bonds is 5. The molecule has 1 atom stereocenters. The van der Waals surface area contributed by atoms with Gasteiger partial charge in [-0.25, -0.2) is 0 Å². The average Bonchev–Trinajstić information content (AvgIpc) is 2.82. The molecule has 7 heteroatoms. The maximum atomic E-state index is 13.6. The Kier molecular flexibility index (Phi) is 6.01. The lowest BCUT2D eigenvalue weighted by Crippen LogP contribution is -2.42. The Morgan fingerprint density at radius 3 is 2.24 bits per heavy atom. The van der Waals surface area contributed by atoms with Crippen molar-refractivity contribution in [3.8, 4) is 23.3 Å². The number of nitrogens with zero attached hydrogens (tertiary/aromatic N) is 2. The summed E-state index contributed by atoms with van der Waals surface area (Å²) in [6.07, 6.45) is 1.01. The number of hydrogen-bond donors (Lipinski definition) is 1. The number of nitrogens with two attached hydrogens (primary N) is 1. The third kappa shape index (κ3) is 3.86. The molecule has 2 aromatic carbocycles. The van der Waals surface area contributed by atoms with E-state index in [0.29, 0.717) is 46.9 Å². The van der Waals surface area contributed by atoms with Crippen LogP contribution in [0.5, 0.6) is 17.2 Å². The van der Waals surface area contributed by atoms with Gasteiger partial charge >= 0.3 is 0 Å². The van der Waals surface area contributed by atoms with Crippen LogP contribution < -0.4 is 24.8 Å². The lowest BCUT2D eigenvalue weighted by Gasteiger charge is -2.44. The number of carbonyl (C=O) groups is 1. The molecule has 0 spiro atoms. The van der Waals surface area contributed by atoms with E-state index in [0.717, 1.165) is 11.3 Å². The Labute approximate surface area is 200 Å². The third-order valence-electron chi connectivity index (χ3n) is 6.46. The Morgan fingerprint density at radius 2 is 1.65 bits per heavy atom. The minimum Gasteiger partial charge on any atom is -0.497 e. The van der Waals surface area contributed by atoms with E-state index in [9.17, 15) is 10.1 Å². The molecule has 0 saturated carbocycles. The van der Waals surface area contributed by atoms with Crippen molar-refractivity contribution in [2.75, 3.05) is 26.2 Å². The molecule has 1 aliphatic heterocycles. The number of anilines is 1. The standard InChI is InChI=1S/C27H29N3O4/c1-27(2)13-21-25(22(31)14-27)24(16-6-8-17(32-3)9-7-16)19(15-28)26(29)30(21)20-11-10-18(33-4)12-23(20)34-5/h6-12,24H,13-14,29H2,1-5H3/t24-/m0/s1. The van der Waals surface area contributed by atoms with Gasteiger partial charge in [0.25, 0.3) is 0 Å². The second-order valence-electron chi connectivity index (χ2n) is 9.29. The van der Waals surface area contributed by atoms with Crippen LogP contribution in [0.15, 0.2) is 65.1 Å². The van der Waals surface area contributed by atoms with Gasteiger partial charge in [-0.15, -0.1) is 0 Å². The summed E-state index contributed by atoms with van der Waals surface area (Å²) in [7, 11) is 4.75. The smallest absolute Gasteiger partial charge is 0.162 e. The normalized spacial score (nSPS) is 19.5. The van der Waals surface area contributed by atoms with E-state index < -0.39 is 5.92 Å². The van der Waals surface area contributed by atoms with Gasteiger partial charge in [0.05, 0.1) is 44.6 Å². The van der Waals surface area contributed by atoms with E-state index in [1.54, 1.807) is 27.4 Å². The first-order valence-corrected chi connectivity index (χ1v) is 11.1. The van der Waals surface area contributed by atoms with Crippen molar-refractivity contribution in [1.82, 2.24) is 0 Å². The van der Waals surface area contributed by atoms with Crippen LogP contribution in [-0.2, 0) is 4.79 Å². The first kappa shape index (κ1) is 23.2. The highest BCUT2D eigenvalue weighted by Crippen LogP contribution is 2.51. The third-order valence-corrected chi connectivity index (χ3v) is 6.46. The lowest BCUT2D eigenvalue weighted by atomic mass is 9.68. The molecule has 7 nitrogen and oxygen atoms in total. The molecule has 0 amide bonds. The van der Waals surface area contributed by atoms with Gasteiger partial charge in [-0.05, 0) is 41.7 Å². The lowest BCUT2D eigenvalue weighted by molar-refractivity contribution is -0.118. The largest absolute Gasteiger partial charge is 0.497 e. The van der Waals surface area contributed by atoms with Crippen LogP contribution >= 0.6 is 0 Å². The number of methoxy groups -OCH3 is 3. The van der Waals surface area contributed by atoms with Gasteiger partial charge in [0, 0.05) is 23.8 Å². The van der Waals surface area contributed by atoms with E-state index in [1.807, 2.05) is 41.3 Å². The molecule has 0 radical (unpaired) electrons. The van der Waals surface area contributed by atoms with Gasteiger partial charge in [0.15, 0.2) is 5.78 Å². The topological polar surface area (TPSA) is 97.8 Å². The van der Waals surface area contributed by atoms with E-state index in [-0.39, 0.29) is 17.0 Å².